The Morgan fingerprint density at radius 1 is 1.53 bits per heavy atom. The zero-order valence-corrected chi connectivity index (χ0v) is 11.5. The van der Waals surface area contributed by atoms with Crippen LogP contribution in [0.25, 0.3) is 0 Å². The van der Waals surface area contributed by atoms with E-state index in [1.165, 1.54) is 17.9 Å². The number of hydrogen-bond donors (Lipinski definition) is 1. The summed E-state index contributed by atoms with van der Waals surface area (Å²) in [6.07, 6.45) is 1.24. The van der Waals surface area contributed by atoms with E-state index in [1.54, 1.807) is 0 Å². The van der Waals surface area contributed by atoms with Crippen molar-refractivity contribution in [2.75, 3.05) is 30.5 Å². The van der Waals surface area contributed by atoms with Crippen LogP contribution in [0.5, 0.6) is 0 Å². The van der Waals surface area contributed by atoms with Crippen LogP contribution in [0.15, 0.2) is 6.07 Å². The molecule has 0 aliphatic carbocycles. The molecule has 0 bridgehead atoms. The molecule has 0 amide bonds. The number of nitrogens with one attached hydrogen (secondary N) is 1. The topological polar surface area (TPSA) is 41.1 Å². The van der Waals surface area contributed by atoms with E-state index < -0.39 is 0 Å². The number of nitrogens with zero attached hydrogens (tertiary/aromatic N) is 3. The molecule has 17 heavy (non-hydrogen) atoms. The van der Waals surface area contributed by atoms with Crippen molar-refractivity contribution in [3.05, 3.63) is 17.5 Å². The van der Waals surface area contributed by atoms with E-state index >= 15 is 0 Å². The van der Waals surface area contributed by atoms with Gasteiger partial charge in [0.15, 0.2) is 0 Å². The Kier molecular flexibility index (Phi) is 4.23. The van der Waals surface area contributed by atoms with Crippen LogP contribution in [0.4, 0.5) is 5.95 Å². The maximum Gasteiger partial charge on any atom is 0.225 e. The minimum Gasteiger partial charge on any atom is -0.340 e. The van der Waals surface area contributed by atoms with Gasteiger partial charge < -0.3 is 10.2 Å². The van der Waals surface area contributed by atoms with Gasteiger partial charge in [0.25, 0.3) is 0 Å². The van der Waals surface area contributed by atoms with Crippen molar-refractivity contribution in [1.82, 2.24) is 15.3 Å². The summed E-state index contributed by atoms with van der Waals surface area (Å²) in [6.45, 7) is 2.82. The van der Waals surface area contributed by atoms with Gasteiger partial charge in [-0.25, -0.2) is 9.97 Å². The molecule has 0 radical (unpaired) electrons. The molecule has 1 fully saturated rings. The number of thioether (sulfide) groups is 1. The smallest absolute Gasteiger partial charge is 0.225 e. The summed E-state index contributed by atoms with van der Waals surface area (Å²) in [5.74, 6) is 3.31. The van der Waals surface area contributed by atoms with Crippen LogP contribution in [0.2, 0.25) is 0 Å². The maximum absolute atomic E-state index is 4.61. The first-order chi connectivity index (χ1) is 8.20. The molecular formula is C12H20N4S. The van der Waals surface area contributed by atoms with Crippen LogP contribution in [0.3, 0.4) is 0 Å². The Balaban J connectivity index is 2.18. The number of hydrogen-bond acceptors (Lipinski definition) is 5. The molecule has 1 saturated heterocycles. The normalized spacial score (nSPS) is 19.6. The Labute approximate surface area is 107 Å². The fourth-order valence-corrected chi connectivity index (χ4v) is 3.30. The number of rotatable bonds is 4. The van der Waals surface area contributed by atoms with E-state index in [4.69, 9.17) is 0 Å². The van der Waals surface area contributed by atoms with Gasteiger partial charge in [-0.3, -0.25) is 0 Å². The SMILES string of the molecule is CNCc1cc(C)nc(N(C)C2CCSC2)n1. The molecule has 1 aromatic rings. The lowest BCUT2D eigenvalue weighted by molar-refractivity contribution is 0.673. The summed E-state index contributed by atoms with van der Waals surface area (Å²) >= 11 is 2.01. The number of anilines is 1. The van der Waals surface area contributed by atoms with E-state index in [0.29, 0.717) is 6.04 Å². The first-order valence-corrected chi connectivity index (χ1v) is 7.16. The van der Waals surface area contributed by atoms with Crippen molar-refractivity contribution in [3.8, 4) is 0 Å². The third-order valence-electron chi connectivity index (χ3n) is 3.02. The molecule has 5 heteroatoms. The zero-order valence-electron chi connectivity index (χ0n) is 10.7. The van der Waals surface area contributed by atoms with Crippen LogP contribution in [0, 0.1) is 6.92 Å². The first kappa shape index (κ1) is 12.6. The third kappa shape index (κ3) is 3.10. The Hall–Kier alpha value is -0.810. The first-order valence-electron chi connectivity index (χ1n) is 6.00. The molecule has 1 aliphatic heterocycles. The van der Waals surface area contributed by atoms with Crippen molar-refractivity contribution in [2.45, 2.75) is 25.9 Å². The van der Waals surface area contributed by atoms with Gasteiger partial charge in [-0.1, -0.05) is 0 Å². The van der Waals surface area contributed by atoms with Crippen molar-refractivity contribution in [2.24, 2.45) is 0 Å². The van der Waals surface area contributed by atoms with Gasteiger partial charge in [-0.05, 0) is 32.2 Å². The largest absolute Gasteiger partial charge is 0.340 e. The molecule has 0 aromatic carbocycles. The summed E-state index contributed by atoms with van der Waals surface area (Å²) in [6, 6.07) is 2.63. The quantitative estimate of drug-likeness (QED) is 0.878. The summed E-state index contributed by atoms with van der Waals surface area (Å²) in [5, 5.41) is 3.13. The lowest BCUT2D eigenvalue weighted by Gasteiger charge is -2.24. The van der Waals surface area contributed by atoms with Gasteiger partial charge in [-0.15, -0.1) is 0 Å². The number of aryl methyl sites for hydroxylation is 1. The highest BCUT2D eigenvalue weighted by Crippen LogP contribution is 2.24. The van der Waals surface area contributed by atoms with Crippen LogP contribution < -0.4 is 10.2 Å². The maximum atomic E-state index is 4.61. The Bertz CT molecular complexity index is 377. The summed E-state index contributed by atoms with van der Waals surface area (Å²) in [7, 11) is 4.04. The van der Waals surface area contributed by atoms with E-state index in [9.17, 15) is 0 Å². The van der Waals surface area contributed by atoms with Gasteiger partial charge in [0, 0.05) is 31.1 Å². The van der Waals surface area contributed by atoms with Crippen LogP contribution in [-0.2, 0) is 6.54 Å². The van der Waals surface area contributed by atoms with Crippen LogP contribution in [0.1, 0.15) is 17.8 Å². The minimum absolute atomic E-state index is 0.587. The lowest BCUT2D eigenvalue weighted by atomic mass is 10.2. The van der Waals surface area contributed by atoms with Gasteiger partial charge in [0.05, 0.1) is 5.69 Å². The molecule has 1 aromatic heterocycles. The highest BCUT2D eigenvalue weighted by Gasteiger charge is 2.22. The average Bonchev–Trinajstić information content (AvgIpc) is 2.81. The highest BCUT2D eigenvalue weighted by molar-refractivity contribution is 7.99. The van der Waals surface area contributed by atoms with Gasteiger partial charge >= 0.3 is 0 Å². The second-order valence-corrected chi connectivity index (χ2v) is 5.61. The van der Waals surface area contributed by atoms with Crippen molar-refractivity contribution in [1.29, 1.82) is 0 Å². The van der Waals surface area contributed by atoms with E-state index in [-0.39, 0.29) is 0 Å². The van der Waals surface area contributed by atoms with Crippen LogP contribution in [-0.4, -0.2) is 41.6 Å². The average molecular weight is 252 g/mol. The molecule has 1 unspecified atom stereocenters. The second-order valence-electron chi connectivity index (χ2n) is 4.46. The fourth-order valence-electron chi connectivity index (χ4n) is 2.04. The molecule has 1 atom stereocenters. The Morgan fingerprint density at radius 3 is 3.00 bits per heavy atom. The molecular weight excluding hydrogens is 232 g/mol. The predicted octanol–water partition coefficient (Wildman–Crippen LogP) is 1.45. The highest BCUT2D eigenvalue weighted by atomic mass is 32.2. The molecule has 2 rings (SSSR count). The zero-order chi connectivity index (χ0) is 12.3. The summed E-state index contributed by atoms with van der Waals surface area (Å²) < 4.78 is 0. The van der Waals surface area contributed by atoms with Gasteiger partial charge in [0.2, 0.25) is 5.95 Å². The lowest BCUT2D eigenvalue weighted by Crippen LogP contribution is -2.33. The van der Waals surface area contributed by atoms with Crippen molar-refractivity contribution < 1.29 is 0 Å². The van der Waals surface area contributed by atoms with E-state index in [1.807, 2.05) is 31.8 Å². The molecule has 0 spiro atoms. The van der Waals surface area contributed by atoms with Gasteiger partial charge in [0.1, 0.15) is 0 Å². The van der Waals surface area contributed by atoms with Crippen LogP contribution >= 0.6 is 11.8 Å². The van der Waals surface area contributed by atoms with E-state index in [2.05, 4.69) is 27.2 Å². The molecule has 1 aliphatic rings. The third-order valence-corrected chi connectivity index (χ3v) is 4.17. The standard InChI is InChI=1S/C12H20N4S/c1-9-6-10(7-13-2)15-12(14-9)16(3)11-4-5-17-8-11/h6,11,13H,4-5,7-8H2,1-3H3. The fraction of sp³-hybridized carbons (Fsp3) is 0.667. The van der Waals surface area contributed by atoms with E-state index in [0.717, 1.165) is 23.9 Å². The second kappa shape index (κ2) is 5.69. The molecule has 0 saturated carbocycles. The monoisotopic (exact) mass is 252 g/mol. The Morgan fingerprint density at radius 2 is 2.35 bits per heavy atom. The number of aromatic nitrogens is 2. The molecule has 4 nitrogen and oxygen atoms in total. The molecule has 94 valence electrons. The summed E-state index contributed by atoms with van der Waals surface area (Å²) in [4.78, 5) is 11.4. The molecule has 2 heterocycles. The summed E-state index contributed by atoms with van der Waals surface area (Å²) in [5.41, 5.74) is 2.10. The minimum atomic E-state index is 0.587. The van der Waals surface area contributed by atoms with Crippen molar-refractivity contribution in [3.63, 3.8) is 0 Å². The molecule has 1 N–H and O–H groups in total. The van der Waals surface area contributed by atoms with Crippen molar-refractivity contribution >= 4 is 17.7 Å². The van der Waals surface area contributed by atoms with Gasteiger partial charge in [-0.2, -0.15) is 11.8 Å². The predicted molar refractivity (Wildman–Crippen MR) is 73.7 cm³/mol.